The monoisotopic (exact) mass is 256 g/mol. The SMILES string of the molecule is CCC(CC(O)CC(CC)C1COC1)C1COC1. The van der Waals surface area contributed by atoms with Gasteiger partial charge in [-0.1, -0.05) is 26.7 Å². The minimum atomic E-state index is -0.138. The Kier molecular flexibility index (Phi) is 5.46. The van der Waals surface area contributed by atoms with E-state index >= 15 is 0 Å². The average Bonchev–Trinajstić information content (AvgIpc) is 2.22. The van der Waals surface area contributed by atoms with Gasteiger partial charge in [0.25, 0.3) is 0 Å². The molecule has 0 amide bonds. The van der Waals surface area contributed by atoms with E-state index in [1.165, 1.54) is 0 Å². The molecule has 18 heavy (non-hydrogen) atoms. The maximum atomic E-state index is 10.3. The minimum absolute atomic E-state index is 0.138. The van der Waals surface area contributed by atoms with Gasteiger partial charge in [0, 0.05) is 11.8 Å². The molecular formula is C15H28O3. The van der Waals surface area contributed by atoms with E-state index < -0.39 is 0 Å². The standard InChI is InChI=1S/C15H28O3/c1-3-11(13-7-17-8-13)5-15(16)6-12(4-2)14-9-18-10-14/h11-16H,3-10H2,1-2H3. The third-order valence-corrected chi connectivity index (χ3v) is 4.86. The molecule has 0 aliphatic carbocycles. The third kappa shape index (κ3) is 3.46. The van der Waals surface area contributed by atoms with Crippen LogP contribution in [0.15, 0.2) is 0 Å². The quantitative estimate of drug-likeness (QED) is 0.725. The molecule has 0 aromatic heterocycles. The van der Waals surface area contributed by atoms with Gasteiger partial charge in [0.15, 0.2) is 0 Å². The zero-order chi connectivity index (χ0) is 13.0. The maximum absolute atomic E-state index is 10.3. The molecule has 0 bridgehead atoms. The fourth-order valence-corrected chi connectivity index (χ4v) is 3.23. The topological polar surface area (TPSA) is 38.7 Å². The van der Waals surface area contributed by atoms with Crippen molar-refractivity contribution >= 4 is 0 Å². The van der Waals surface area contributed by atoms with Crippen molar-refractivity contribution in [3.8, 4) is 0 Å². The van der Waals surface area contributed by atoms with E-state index in [-0.39, 0.29) is 6.10 Å². The predicted molar refractivity (Wildman–Crippen MR) is 71.4 cm³/mol. The van der Waals surface area contributed by atoms with Gasteiger partial charge in [-0.25, -0.2) is 0 Å². The number of ether oxygens (including phenoxy) is 2. The summed E-state index contributed by atoms with van der Waals surface area (Å²) in [5.41, 5.74) is 0. The van der Waals surface area contributed by atoms with Gasteiger partial charge in [-0.15, -0.1) is 0 Å². The van der Waals surface area contributed by atoms with E-state index in [2.05, 4.69) is 13.8 Å². The second-order valence-corrected chi connectivity index (χ2v) is 6.06. The molecule has 0 saturated carbocycles. The summed E-state index contributed by atoms with van der Waals surface area (Å²) < 4.78 is 10.5. The lowest BCUT2D eigenvalue weighted by molar-refractivity contribution is -0.0820. The molecule has 2 saturated heterocycles. The lowest BCUT2D eigenvalue weighted by atomic mass is 9.79. The van der Waals surface area contributed by atoms with Gasteiger partial charge in [-0.3, -0.25) is 0 Å². The summed E-state index contributed by atoms with van der Waals surface area (Å²) in [5.74, 6) is 2.67. The molecule has 1 N–H and O–H groups in total. The van der Waals surface area contributed by atoms with Gasteiger partial charge in [0.05, 0.1) is 32.5 Å². The van der Waals surface area contributed by atoms with Crippen LogP contribution >= 0.6 is 0 Å². The first-order valence-corrected chi connectivity index (χ1v) is 7.58. The Morgan fingerprint density at radius 2 is 1.28 bits per heavy atom. The summed E-state index contributed by atoms with van der Waals surface area (Å²) in [6, 6.07) is 0. The van der Waals surface area contributed by atoms with Crippen molar-refractivity contribution in [1.82, 2.24) is 0 Å². The molecule has 2 rings (SSSR count). The first-order chi connectivity index (χ1) is 8.74. The molecule has 2 atom stereocenters. The molecule has 0 spiro atoms. The summed E-state index contributed by atoms with van der Waals surface area (Å²) in [5, 5.41) is 10.3. The molecule has 2 aliphatic rings. The maximum Gasteiger partial charge on any atom is 0.0545 e. The first-order valence-electron chi connectivity index (χ1n) is 7.58. The Morgan fingerprint density at radius 1 is 0.889 bits per heavy atom. The van der Waals surface area contributed by atoms with Gasteiger partial charge in [0.1, 0.15) is 0 Å². The molecule has 106 valence electrons. The van der Waals surface area contributed by atoms with Crippen molar-refractivity contribution in [3.05, 3.63) is 0 Å². The van der Waals surface area contributed by atoms with Gasteiger partial charge in [0.2, 0.25) is 0 Å². The lowest BCUT2D eigenvalue weighted by Crippen LogP contribution is -2.38. The van der Waals surface area contributed by atoms with E-state index in [1.54, 1.807) is 0 Å². The second-order valence-electron chi connectivity index (χ2n) is 6.06. The summed E-state index contributed by atoms with van der Waals surface area (Å²) in [6.45, 7) is 8.06. The molecule has 0 radical (unpaired) electrons. The van der Waals surface area contributed by atoms with Crippen molar-refractivity contribution < 1.29 is 14.6 Å². The Hall–Kier alpha value is -0.120. The van der Waals surface area contributed by atoms with Crippen LogP contribution in [0.1, 0.15) is 39.5 Å². The van der Waals surface area contributed by atoms with Crippen molar-refractivity contribution in [1.29, 1.82) is 0 Å². The van der Waals surface area contributed by atoms with E-state index in [4.69, 9.17) is 9.47 Å². The summed E-state index contributed by atoms with van der Waals surface area (Å²) >= 11 is 0. The average molecular weight is 256 g/mol. The van der Waals surface area contributed by atoms with Crippen LogP contribution in [0.5, 0.6) is 0 Å². The van der Waals surface area contributed by atoms with Crippen LogP contribution in [-0.4, -0.2) is 37.6 Å². The van der Waals surface area contributed by atoms with Crippen LogP contribution in [0.3, 0.4) is 0 Å². The molecular weight excluding hydrogens is 228 g/mol. The summed E-state index contributed by atoms with van der Waals surface area (Å²) in [6.07, 6.45) is 4.09. The Labute approximate surface area is 111 Å². The lowest BCUT2D eigenvalue weighted by Gasteiger charge is -2.37. The molecule has 0 aromatic rings. The van der Waals surface area contributed by atoms with E-state index in [0.717, 1.165) is 52.1 Å². The van der Waals surface area contributed by atoms with E-state index in [9.17, 15) is 5.11 Å². The number of hydrogen-bond acceptors (Lipinski definition) is 3. The van der Waals surface area contributed by atoms with Crippen molar-refractivity contribution in [2.24, 2.45) is 23.7 Å². The smallest absolute Gasteiger partial charge is 0.0545 e. The second kappa shape index (κ2) is 6.88. The zero-order valence-electron chi connectivity index (χ0n) is 11.8. The third-order valence-electron chi connectivity index (χ3n) is 4.86. The van der Waals surface area contributed by atoms with Crippen molar-refractivity contribution in [2.75, 3.05) is 26.4 Å². The highest BCUT2D eigenvalue weighted by Gasteiger charge is 2.32. The first kappa shape index (κ1) is 14.3. The highest BCUT2D eigenvalue weighted by molar-refractivity contribution is 4.80. The molecule has 2 unspecified atom stereocenters. The van der Waals surface area contributed by atoms with Crippen LogP contribution in [0.2, 0.25) is 0 Å². The predicted octanol–water partition coefficient (Wildman–Crippen LogP) is 2.47. The molecule has 0 aromatic carbocycles. The zero-order valence-corrected chi connectivity index (χ0v) is 11.8. The number of aliphatic hydroxyl groups is 1. The Balaban J connectivity index is 1.73. The van der Waals surface area contributed by atoms with Crippen LogP contribution in [0.4, 0.5) is 0 Å². The number of hydrogen-bond donors (Lipinski definition) is 1. The van der Waals surface area contributed by atoms with Gasteiger partial charge in [-0.2, -0.15) is 0 Å². The van der Waals surface area contributed by atoms with E-state index in [1.807, 2.05) is 0 Å². The summed E-state index contributed by atoms with van der Waals surface area (Å²) in [7, 11) is 0. The molecule has 3 nitrogen and oxygen atoms in total. The molecule has 2 heterocycles. The van der Waals surface area contributed by atoms with Crippen LogP contribution in [0.25, 0.3) is 0 Å². The molecule has 2 fully saturated rings. The summed E-state index contributed by atoms with van der Waals surface area (Å²) in [4.78, 5) is 0. The number of rotatable bonds is 8. The highest BCUT2D eigenvalue weighted by Crippen LogP contribution is 2.32. The minimum Gasteiger partial charge on any atom is -0.393 e. The fourth-order valence-electron chi connectivity index (χ4n) is 3.23. The van der Waals surface area contributed by atoms with Gasteiger partial charge >= 0.3 is 0 Å². The normalized spacial score (nSPS) is 26.2. The Bertz CT molecular complexity index is 212. The Morgan fingerprint density at radius 3 is 1.50 bits per heavy atom. The highest BCUT2D eigenvalue weighted by atomic mass is 16.5. The number of aliphatic hydroxyl groups excluding tert-OH is 1. The largest absolute Gasteiger partial charge is 0.393 e. The van der Waals surface area contributed by atoms with Crippen molar-refractivity contribution in [2.45, 2.75) is 45.6 Å². The molecule has 3 heteroatoms. The van der Waals surface area contributed by atoms with Crippen LogP contribution in [-0.2, 0) is 9.47 Å². The van der Waals surface area contributed by atoms with Gasteiger partial charge < -0.3 is 14.6 Å². The fraction of sp³-hybridized carbons (Fsp3) is 1.00. The van der Waals surface area contributed by atoms with Crippen LogP contribution < -0.4 is 0 Å². The molecule has 2 aliphatic heterocycles. The van der Waals surface area contributed by atoms with Gasteiger partial charge in [-0.05, 0) is 24.7 Å². The van der Waals surface area contributed by atoms with Crippen LogP contribution in [0, 0.1) is 23.7 Å². The van der Waals surface area contributed by atoms with Crippen molar-refractivity contribution in [3.63, 3.8) is 0 Å². The van der Waals surface area contributed by atoms with E-state index in [0.29, 0.717) is 23.7 Å².